The highest BCUT2D eigenvalue weighted by molar-refractivity contribution is 7.93. The van der Waals surface area contributed by atoms with Crippen LogP contribution in [0.3, 0.4) is 0 Å². The molecule has 0 amide bonds. The van der Waals surface area contributed by atoms with E-state index in [0.717, 1.165) is 18.2 Å². The molecule has 0 bridgehead atoms. The maximum Gasteiger partial charge on any atom is 0.289 e. The quantitative estimate of drug-likeness (QED) is 0.355. The highest BCUT2D eigenvalue weighted by atomic mass is 35.5. The first-order valence-electron chi connectivity index (χ1n) is 8.77. The number of hydrogen-bond acceptors (Lipinski definition) is 7. The van der Waals surface area contributed by atoms with E-state index < -0.39 is 35.6 Å². The molecule has 10 nitrogen and oxygen atoms in total. The van der Waals surface area contributed by atoms with Crippen LogP contribution in [-0.4, -0.2) is 28.9 Å². The molecule has 2 N–H and O–H groups in total. The lowest BCUT2D eigenvalue weighted by atomic mass is 10.3. The summed E-state index contributed by atoms with van der Waals surface area (Å²) < 4.78 is 60.9. The highest BCUT2D eigenvalue weighted by Gasteiger charge is 2.27. The van der Waals surface area contributed by atoms with Crippen LogP contribution in [0.25, 0.3) is 0 Å². The summed E-state index contributed by atoms with van der Waals surface area (Å²) in [5.41, 5.74) is -0.733. The fourth-order valence-corrected chi connectivity index (χ4v) is 5.30. The predicted molar refractivity (Wildman–Crippen MR) is 119 cm³/mol. The number of para-hydroxylation sites is 2. The summed E-state index contributed by atoms with van der Waals surface area (Å²) in [6.07, 6.45) is 0. The van der Waals surface area contributed by atoms with Crippen LogP contribution in [0.2, 0.25) is 5.02 Å². The van der Waals surface area contributed by atoms with Gasteiger partial charge in [-0.2, -0.15) is 0 Å². The number of methoxy groups -OCH3 is 1. The molecule has 0 heterocycles. The summed E-state index contributed by atoms with van der Waals surface area (Å²) in [5.74, 6) is 0.00357. The second-order valence-corrected chi connectivity index (χ2v) is 10.0. The van der Waals surface area contributed by atoms with Crippen LogP contribution in [0.1, 0.15) is 0 Å². The number of benzene rings is 3. The first kappa shape index (κ1) is 23.3. The van der Waals surface area contributed by atoms with Gasteiger partial charge in [-0.1, -0.05) is 35.9 Å². The van der Waals surface area contributed by atoms with Gasteiger partial charge in [0.15, 0.2) is 4.90 Å². The zero-order valence-corrected chi connectivity index (χ0v) is 18.7. The third-order valence-electron chi connectivity index (χ3n) is 4.20. The van der Waals surface area contributed by atoms with Crippen molar-refractivity contribution in [1.82, 2.24) is 0 Å². The molecule has 0 fully saturated rings. The molecule has 32 heavy (non-hydrogen) atoms. The number of ether oxygens (including phenoxy) is 1. The minimum Gasteiger partial charge on any atom is -0.495 e. The second-order valence-electron chi connectivity index (χ2n) is 6.28. The lowest BCUT2D eigenvalue weighted by Crippen LogP contribution is -2.17. The van der Waals surface area contributed by atoms with E-state index in [1.165, 1.54) is 43.5 Å². The average Bonchev–Trinajstić information content (AvgIpc) is 2.75. The highest BCUT2D eigenvalue weighted by Crippen LogP contribution is 2.33. The first-order chi connectivity index (χ1) is 15.0. The van der Waals surface area contributed by atoms with Crippen molar-refractivity contribution < 1.29 is 26.5 Å². The number of sulfonamides is 2. The average molecular weight is 498 g/mol. The van der Waals surface area contributed by atoms with E-state index in [0.29, 0.717) is 0 Å². The van der Waals surface area contributed by atoms with Crippen molar-refractivity contribution in [3.63, 3.8) is 0 Å². The third-order valence-corrected chi connectivity index (χ3v) is 7.30. The molecule has 0 spiro atoms. The molecular weight excluding hydrogens is 482 g/mol. The Balaban J connectivity index is 2.02. The van der Waals surface area contributed by atoms with Crippen LogP contribution in [0.15, 0.2) is 76.5 Å². The van der Waals surface area contributed by atoms with Crippen molar-refractivity contribution in [3.05, 3.63) is 81.9 Å². The van der Waals surface area contributed by atoms with Gasteiger partial charge in [0, 0.05) is 6.07 Å². The summed E-state index contributed by atoms with van der Waals surface area (Å²) >= 11 is 6.00. The number of hydrogen-bond donors (Lipinski definition) is 2. The number of nitro groups is 1. The maximum atomic E-state index is 12.8. The Kier molecular flexibility index (Phi) is 6.57. The maximum absolute atomic E-state index is 12.8. The fraction of sp³-hybridized carbons (Fsp3) is 0.0526. The molecule has 3 aromatic rings. The van der Waals surface area contributed by atoms with Crippen molar-refractivity contribution in [1.29, 1.82) is 0 Å². The molecule has 0 aromatic heterocycles. The monoisotopic (exact) mass is 497 g/mol. The lowest BCUT2D eigenvalue weighted by Gasteiger charge is -2.15. The Hall–Kier alpha value is -3.35. The van der Waals surface area contributed by atoms with E-state index in [1.54, 1.807) is 12.1 Å². The summed E-state index contributed by atoms with van der Waals surface area (Å²) in [7, 11) is -7.36. The van der Waals surface area contributed by atoms with E-state index in [2.05, 4.69) is 9.44 Å². The van der Waals surface area contributed by atoms with Gasteiger partial charge in [0.05, 0.1) is 33.3 Å². The van der Waals surface area contributed by atoms with Crippen molar-refractivity contribution in [2.24, 2.45) is 0 Å². The van der Waals surface area contributed by atoms with Gasteiger partial charge in [-0.05, 0) is 36.4 Å². The fourth-order valence-electron chi connectivity index (χ4n) is 2.72. The molecule has 0 radical (unpaired) electrons. The summed E-state index contributed by atoms with van der Waals surface area (Å²) in [4.78, 5) is 9.51. The first-order valence-corrected chi connectivity index (χ1v) is 12.1. The molecule has 0 saturated heterocycles. The number of rotatable bonds is 8. The predicted octanol–water partition coefficient (Wildman–Crippen LogP) is 3.86. The standard InChI is InChI=1S/C19H16ClN3O7S2/c1-30-18-11-10-13(31(26,27)21-15-7-3-2-6-14(15)20)12-16(18)22-32(28,29)19-9-5-4-8-17(19)23(24)25/h2-12,21-22H,1H3. The molecule has 168 valence electrons. The Bertz CT molecular complexity index is 1390. The molecule has 0 atom stereocenters. The molecule has 0 aliphatic heterocycles. The largest absolute Gasteiger partial charge is 0.495 e. The van der Waals surface area contributed by atoms with Gasteiger partial charge < -0.3 is 4.74 Å². The molecule has 0 saturated carbocycles. The second kappa shape index (κ2) is 9.02. The Labute approximate surface area is 189 Å². The van der Waals surface area contributed by atoms with Crippen molar-refractivity contribution >= 4 is 48.7 Å². The molecular formula is C19H16ClN3O7S2. The molecule has 3 rings (SSSR count). The number of nitrogens with one attached hydrogen (secondary N) is 2. The summed E-state index contributed by atoms with van der Waals surface area (Å²) in [6.45, 7) is 0. The topological polar surface area (TPSA) is 145 Å². The van der Waals surface area contributed by atoms with E-state index in [-0.39, 0.29) is 27.0 Å². The van der Waals surface area contributed by atoms with Gasteiger partial charge in [0.25, 0.3) is 25.7 Å². The molecule has 0 aliphatic rings. The van der Waals surface area contributed by atoms with Crippen molar-refractivity contribution in [2.75, 3.05) is 16.6 Å². The number of anilines is 2. The Morgan fingerprint density at radius 2 is 1.50 bits per heavy atom. The summed E-state index contributed by atoms with van der Waals surface area (Å²) in [6, 6.07) is 14.4. The van der Waals surface area contributed by atoms with E-state index >= 15 is 0 Å². The van der Waals surface area contributed by atoms with Gasteiger partial charge >= 0.3 is 0 Å². The number of nitrogens with zero attached hydrogens (tertiary/aromatic N) is 1. The van der Waals surface area contributed by atoms with Crippen molar-refractivity contribution in [2.45, 2.75) is 9.79 Å². The van der Waals surface area contributed by atoms with Gasteiger partial charge in [-0.15, -0.1) is 0 Å². The smallest absolute Gasteiger partial charge is 0.289 e. The Morgan fingerprint density at radius 1 is 0.875 bits per heavy atom. The minimum atomic E-state index is -4.46. The molecule has 0 unspecified atom stereocenters. The SMILES string of the molecule is COc1ccc(S(=O)(=O)Nc2ccccc2Cl)cc1NS(=O)(=O)c1ccccc1[N+](=O)[O-]. The molecule has 0 aliphatic carbocycles. The number of halogens is 1. The molecule has 3 aromatic carbocycles. The van der Waals surface area contributed by atoms with Crippen LogP contribution >= 0.6 is 11.6 Å². The van der Waals surface area contributed by atoms with Crippen LogP contribution in [0.4, 0.5) is 17.1 Å². The zero-order valence-electron chi connectivity index (χ0n) is 16.4. The van der Waals surface area contributed by atoms with Gasteiger partial charge in [0.1, 0.15) is 5.75 Å². The molecule has 13 heteroatoms. The number of nitro benzene ring substituents is 1. The van der Waals surface area contributed by atoms with Crippen molar-refractivity contribution in [3.8, 4) is 5.75 Å². The van der Waals surface area contributed by atoms with Gasteiger partial charge in [-0.3, -0.25) is 19.6 Å². The van der Waals surface area contributed by atoms with E-state index in [9.17, 15) is 26.9 Å². The van der Waals surface area contributed by atoms with E-state index in [4.69, 9.17) is 16.3 Å². The van der Waals surface area contributed by atoms with E-state index in [1.807, 2.05) is 0 Å². The van der Waals surface area contributed by atoms with Crippen LogP contribution in [-0.2, 0) is 20.0 Å². The normalized spacial score (nSPS) is 11.6. The van der Waals surface area contributed by atoms with Gasteiger partial charge in [0.2, 0.25) is 0 Å². The lowest BCUT2D eigenvalue weighted by molar-refractivity contribution is -0.387. The zero-order chi connectivity index (χ0) is 23.5. The van der Waals surface area contributed by atoms with Gasteiger partial charge in [-0.25, -0.2) is 16.8 Å². The summed E-state index contributed by atoms with van der Waals surface area (Å²) in [5, 5.41) is 11.4. The minimum absolute atomic E-state index is 0.00357. The Morgan fingerprint density at radius 3 is 2.16 bits per heavy atom. The van der Waals surface area contributed by atoms with Crippen LogP contribution in [0, 0.1) is 10.1 Å². The van der Waals surface area contributed by atoms with Crippen LogP contribution < -0.4 is 14.2 Å². The van der Waals surface area contributed by atoms with Crippen LogP contribution in [0.5, 0.6) is 5.75 Å². The third kappa shape index (κ3) is 4.93.